The molecule has 1 aliphatic rings. The normalized spacial score (nSPS) is 28.8. The first-order valence-corrected chi connectivity index (χ1v) is 4.68. The standard InChI is InChI=1S/C9H18FNO/c1-8-3-2-4-11(6-8)7-9(12)5-10/h8-9,12H,2-7H2,1H3. The Labute approximate surface area is 73.4 Å². The maximum Gasteiger partial charge on any atom is 0.117 e. The van der Waals surface area contributed by atoms with E-state index in [0.29, 0.717) is 12.5 Å². The molecular weight excluding hydrogens is 157 g/mol. The fourth-order valence-electron chi connectivity index (χ4n) is 1.80. The quantitative estimate of drug-likeness (QED) is 0.693. The Morgan fingerprint density at radius 3 is 3.00 bits per heavy atom. The summed E-state index contributed by atoms with van der Waals surface area (Å²) in [4.78, 5) is 2.15. The Kier molecular flexibility index (Phi) is 3.95. The molecule has 1 heterocycles. The highest BCUT2D eigenvalue weighted by atomic mass is 19.1. The lowest BCUT2D eigenvalue weighted by Gasteiger charge is -2.31. The van der Waals surface area contributed by atoms with E-state index < -0.39 is 12.8 Å². The molecule has 1 rings (SSSR count). The van der Waals surface area contributed by atoms with Crippen molar-refractivity contribution in [2.24, 2.45) is 5.92 Å². The predicted molar refractivity (Wildman–Crippen MR) is 46.8 cm³/mol. The summed E-state index contributed by atoms with van der Waals surface area (Å²) in [5.41, 5.74) is 0. The molecule has 0 radical (unpaired) electrons. The number of likely N-dealkylation sites (tertiary alicyclic amines) is 1. The van der Waals surface area contributed by atoms with Crippen LogP contribution in [-0.4, -0.2) is 42.4 Å². The zero-order valence-corrected chi connectivity index (χ0v) is 7.67. The van der Waals surface area contributed by atoms with Crippen molar-refractivity contribution in [3.05, 3.63) is 0 Å². The van der Waals surface area contributed by atoms with Crippen molar-refractivity contribution in [3.63, 3.8) is 0 Å². The van der Waals surface area contributed by atoms with Gasteiger partial charge in [-0.1, -0.05) is 6.92 Å². The van der Waals surface area contributed by atoms with Gasteiger partial charge in [0.25, 0.3) is 0 Å². The number of rotatable bonds is 3. The van der Waals surface area contributed by atoms with E-state index in [1.54, 1.807) is 0 Å². The van der Waals surface area contributed by atoms with Gasteiger partial charge in [-0.25, -0.2) is 4.39 Å². The molecule has 2 unspecified atom stereocenters. The molecule has 2 atom stereocenters. The first-order chi connectivity index (χ1) is 5.72. The molecule has 1 N–H and O–H groups in total. The number of aliphatic hydroxyl groups is 1. The number of nitrogens with zero attached hydrogens (tertiary/aromatic N) is 1. The van der Waals surface area contributed by atoms with Crippen molar-refractivity contribution >= 4 is 0 Å². The Morgan fingerprint density at radius 2 is 2.42 bits per heavy atom. The number of halogens is 1. The van der Waals surface area contributed by atoms with Crippen molar-refractivity contribution < 1.29 is 9.50 Å². The second-order valence-electron chi connectivity index (χ2n) is 3.82. The molecule has 2 nitrogen and oxygen atoms in total. The summed E-state index contributed by atoms with van der Waals surface area (Å²) in [5.74, 6) is 0.700. The van der Waals surface area contributed by atoms with Gasteiger partial charge in [-0.15, -0.1) is 0 Å². The van der Waals surface area contributed by atoms with Crippen molar-refractivity contribution in [1.82, 2.24) is 4.90 Å². The van der Waals surface area contributed by atoms with Crippen LogP contribution >= 0.6 is 0 Å². The third-order valence-electron chi connectivity index (χ3n) is 2.39. The van der Waals surface area contributed by atoms with Crippen molar-refractivity contribution in [2.75, 3.05) is 26.3 Å². The van der Waals surface area contributed by atoms with Gasteiger partial charge in [0.2, 0.25) is 0 Å². The highest BCUT2D eigenvalue weighted by Gasteiger charge is 2.18. The van der Waals surface area contributed by atoms with Gasteiger partial charge in [0.15, 0.2) is 0 Å². The van der Waals surface area contributed by atoms with Crippen LogP contribution in [0.1, 0.15) is 19.8 Å². The van der Waals surface area contributed by atoms with Crippen LogP contribution in [0.4, 0.5) is 4.39 Å². The van der Waals surface area contributed by atoms with Crippen molar-refractivity contribution in [1.29, 1.82) is 0 Å². The number of aliphatic hydroxyl groups excluding tert-OH is 1. The molecule has 12 heavy (non-hydrogen) atoms. The zero-order chi connectivity index (χ0) is 8.97. The summed E-state index contributed by atoms with van der Waals surface area (Å²) in [6.45, 7) is 4.11. The maximum absolute atomic E-state index is 12.0. The number of β-amino-alcohol motifs (C(OH)–C–C–N with tert-alkyl or cyclic N) is 1. The summed E-state index contributed by atoms with van der Waals surface area (Å²) < 4.78 is 12.0. The first-order valence-electron chi connectivity index (χ1n) is 4.68. The summed E-state index contributed by atoms with van der Waals surface area (Å²) in [5, 5.41) is 9.08. The van der Waals surface area contributed by atoms with Gasteiger partial charge in [-0.05, 0) is 25.3 Å². The van der Waals surface area contributed by atoms with E-state index in [1.807, 2.05) is 0 Å². The molecule has 1 saturated heterocycles. The van der Waals surface area contributed by atoms with Crippen LogP contribution < -0.4 is 0 Å². The van der Waals surface area contributed by atoms with Crippen molar-refractivity contribution in [3.8, 4) is 0 Å². The lowest BCUT2D eigenvalue weighted by molar-refractivity contribution is 0.0706. The fourth-order valence-corrected chi connectivity index (χ4v) is 1.80. The zero-order valence-electron chi connectivity index (χ0n) is 7.67. The van der Waals surface area contributed by atoms with Crippen LogP contribution in [0.3, 0.4) is 0 Å². The molecule has 0 amide bonds. The van der Waals surface area contributed by atoms with Gasteiger partial charge in [0.05, 0.1) is 6.10 Å². The monoisotopic (exact) mass is 175 g/mol. The molecule has 0 aromatic heterocycles. The minimum atomic E-state index is -0.782. The molecule has 0 aromatic rings. The number of piperidine rings is 1. The molecule has 0 bridgehead atoms. The van der Waals surface area contributed by atoms with Crippen LogP contribution in [0.15, 0.2) is 0 Å². The van der Waals surface area contributed by atoms with Gasteiger partial charge < -0.3 is 10.0 Å². The van der Waals surface area contributed by atoms with Gasteiger partial charge in [0, 0.05) is 13.1 Å². The van der Waals surface area contributed by atoms with E-state index in [2.05, 4.69) is 11.8 Å². The van der Waals surface area contributed by atoms with Crippen molar-refractivity contribution in [2.45, 2.75) is 25.9 Å². The average Bonchev–Trinajstić information content (AvgIpc) is 2.04. The Morgan fingerprint density at radius 1 is 1.67 bits per heavy atom. The number of hydrogen-bond donors (Lipinski definition) is 1. The van der Waals surface area contributed by atoms with Crippen LogP contribution in [0.2, 0.25) is 0 Å². The maximum atomic E-state index is 12.0. The van der Waals surface area contributed by atoms with E-state index >= 15 is 0 Å². The smallest absolute Gasteiger partial charge is 0.117 e. The third kappa shape index (κ3) is 3.07. The summed E-state index contributed by atoms with van der Waals surface area (Å²) in [6, 6.07) is 0. The van der Waals surface area contributed by atoms with E-state index in [9.17, 15) is 4.39 Å². The highest BCUT2D eigenvalue weighted by molar-refractivity contribution is 4.72. The second-order valence-corrected chi connectivity index (χ2v) is 3.82. The Bertz CT molecular complexity index is 132. The topological polar surface area (TPSA) is 23.5 Å². The molecule has 72 valence electrons. The van der Waals surface area contributed by atoms with E-state index in [4.69, 9.17) is 5.11 Å². The molecule has 3 heteroatoms. The SMILES string of the molecule is CC1CCCN(CC(O)CF)C1. The minimum Gasteiger partial charge on any atom is -0.389 e. The molecule has 0 spiro atoms. The third-order valence-corrected chi connectivity index (χ3v) is 2.39. The molecule has 1 aliphatic heterocycles. The largest absolute Gasteiger partial charge is 0.389 e. The van der Waals surface area contributed by atoms with E-state index in [-0.39, 0.29) is 0 Å². The average molecular weight is 175 g/mol. The number of hydrogen-bond acceptors (Lipinski definition) is 2. The molecule has 0 aliphatic carbocycles. The van der Waals surface area contributed by atoms with E-state index in [0.717, 1.165) is 13.1 Å². The van der Waals surface area contributed by atoms with Crippen LogP contribution in [0.25, 0.3) is 0 Å². The van der Waals surface area contributed by atoms with Gasteiger partial charge in [0.1, 0.15) is 6.67 Å². The Balaban J connectivity index is 2.22. The predicted octanol–water partition coefficient (Wildman–Crippen LogP) is 1.05. The summed E-state index contributed by atoms with van der Waals surface area (Å²) >= 11 is 0. The molecule has 0 aromatic carbocycles. The fraction of sp³-hybridized carbons (Fsp3) is 1.00. The van der Waals surface area contributed by atoms with Gasteiger partial charge in [-0.2, -0.15) is 0 Å². The lowest BCUT2D eigenvalue weighted by Crippen LogP contribution is -2.40. The van der Waals surface area contributed by atoms with Gasteiger partial charge >= 0.3 is 0 Å². The van der Waals surface area contributed by atoms with Crippen LogP contribution in [-0.2, 0) is 0 Å². The number of alkyl halides is 1. The Hall–Kier alpha value is -0.150. The second kappa shape index (κ2) is 4.77. The van der Waals surface area contributed by atoms with Gasteiger partial charge in [-0.3, -0.25) is 0 Å². The first kappa shape index (κ1) is 9.93. The molecular formula is C9H18FNO. The molecule has 0 saturated carbocycles. The van der Waals surface area contributed by atoms with Crippen LogP contribution in [0, 0.1) is 5.92 Å². The minimum absolute atomic E-state index is 0.501. The highest BCUT2D eigenvalue weighted by Crippen LogP contribution is 2.15. The summed E-state index contributed by atoms with van der Waals surface area (Å²) in [7, 11) is 0. The lowest BCUT2D eigenvalue weighted by atomic mass is 10.0. The van der Waals surface area contributed by atoms with Crippen LogP contribution in [0.5, 0.6) is 0 Å². The summed E-state index contributed by atoms with van der Waals surface area (Å²) in [6.07, 6.45) is 1.66. The van der Waals surface area contributed by atoms with E-state index in [1.165, 1.54) is 12.8 Å². The molecule has 1 fully saturated rings.